The van der Waals surface area contributed by atoms with Crippen molar-refractivity contribution in [2.45, 2.75) is 19.3 Å². The maximum atomic E-state index is 11.2. The second kappa shape index (κ2) is 3.66. The van der Waals surface area contributed by atoms with Crippen molar-refractivity contribution < 1.29 is 9.90 Å². The number of carbonyl (C=O) groups is 1. The molecule has 0 aromatic heterocycles. The number of hydrogen-bond acceptors (Lipinski definition) is 1. The predicted molar refractivity (Wildman–Crippen MR) is 56.2 cm³/mol. The molecular weight excluding hydrogens is 176 g/mol. The average Bonchev–Trinajstić information content (AvgIpc) is 2.17. The van der Waals surface area contributed by atoms with Crippen LogP contribution in [-0.4, -0.2) is 11.1 Å². The molecule has 1 aromatic rings. The summed E-state index contributed by atoms with van der Waals surface area (Å²) in [5.41, 5.74) is 0.414. The molecule has 1 aromatic carbocycles. The summed E-state index contributed by atoms with van der Waals surface area (Å²) in [4.78, 5) is 11.2. The number of carboxylic acids is 1. The summed E-state index contributed by atoms with van der Waals surface area (Å²) in [7, 11) is 0. The molecule has 1 atom stereocenters. The lowest BCUT2D eigenvalue weighted by molar-refractivity contribution is -0.141. The van der Waals surface area contributed by atoms with E-state index in [1.807, 2.05) is 30.3 Å². The van der Waals surface area contributed by atoms with Gasteiger partial charge >= 0.3 is 5.97 Å². The molecular formula is C12H14O2. The Balaban J connectivity index is 3.27. The first-order valence-electron chi connectivity index (χ1n) is 4.44. The van der Waals surface area contributed by atoms with E-state index in [2.05, 4.69) is 6.58 Å². The molecule has 0 saturated carbocycles. The van der Waals surface area contributed by atoms with Crippen LogP contribution in [-0.2, 0) is 10.2 Å². The van der Waals surface area contributed by atoms with Gasteiger partial charge in [0.15, 0.2) is 0 Å². The molecule has 0 saturated heterocycles. The Kier molecular flexibility index (Phi) is 2.75. The van der Waals surface area contributed by atoms with E-state index in [-0.39, 0.29) is 0 Å². The molecule has 0 aliphatic carbocycles. The van der Waals surface area contributed by atoms with Gasteiger partial charge in [0.25, 0.3) is 0 Å². The summed E-state index contributed by atoms with van der Waals surface area (Å²) >= 11 is 0. The average molecular weight is 190 g/mol. The standard InChI is InChI=1S/C12H14O2/c1-9(2)12(3,11(13)14)10-7-5-4-6-8-10/h4-8H,1H2,2-3H3,(H,13,14). The van der Waals surface area contributed by atoms with E-state index >= 15 is 0 Å². The lowest BCUT2D eigenvalue weighted by Crippen LogP contribution is -2.33. The Hall–Kier alpha value is -1.57. The number of rotatable bonds is 3. The molecule has 0 fully saturated rings. The Morgan fingerprint density at radius 1 is 1.36 bits per heavy atom. The SMILES string of the molecule is C=C(C)C(C)(C(=O)O)c1ccccc1. The van der Waals surface area contributed by atoms with Crippen LogP contribution in [0.3, 0.4) is 0 Å². The highest BCUT2D eigenvalue weighted by Crippen LogP contribution is 2.30. The molecule has 1 N–H and O–H groups in total. The fourth-order valence-corrected chi connectivity index (χ4v) is 1.32. The van der Waals surface area contributed by atoms with Crippen molar-refractivity contribution in [2.24, 2.45) is 0 Å². The second-order valence-electron chi connectivity index (χ2n) is 3.58. The zero-order valence-electron chi connectivity index (χ0n) is 8.45. The molecule has 74 valence electrons. The van der Waals surface area contributed by atoms with E-state index in [4.69, 9.17) is 0 Å². The van der Waals surface area contributed by atoms with Crippen molar-refractivity contribution in [1.82, 2.24) is 0 Å². The van der Waals surface area contributed by atoms with Crippen molar-refractivity contribution in [3.05, 3.63) is 48.0 Å². The summed E-state index contributed by atoms with van der Waals surface area (Å²) in [6, 6.07) is 9.15. The van der Waals surface area contributed by atoms with E-state index in [1.54, 1.807) is 13.8 Å². The van der Waals surface area contributed by atoms with Crippen LogP contribution < -0.4 is 0 Å². The van der Waals surface area contributed by atoms with Gasteiger partial charge in [0.1, 0.15) is 5.41 Å². The van der Waals surface area contributed by atoms with Crippen molar-refractivity contribution in [1.29, 1.82) is 0 Å². The topological polar surface area (TPSA) is 37.3 Å². The zero-order valence-corrected chi connectivity index (χ0v) is 8.45. The molecule has 0 aliphatic rings. The minimum Gasteiger partial charge on any atom is -0.480 e. The van der Waals surface area contributed by atoms with Crippen LogP contribution >= 0.6 is 0 Å². The first-order chi connectivity index (χ1) is 6.49. The third kappa shape index (κ3) is 1.55. The van der Waals surface area contributed by atoms with Crippen molar-refractivity contribution in [2.75, 3.05) is 0 Å². The highest BCUT2D eigenvalue weighted by Gasteiger charge is 2.35. The molecule has 0 spiro atoms. The molecule has 0 aliphatic heterocycles. The summed E-state index contributed by atoms with van der Waals surface area (Å²) in [6.07, 6.45) is 0. The Labute approximate surface area is 83.9 Å². The van der Waals surface area contributed by atoms with Crippen LogP contribution in [0, 0.1) is 0 Å². The first-order valence-corrected chi connectivity index (χ1v) is 4.44. The lowest BCUT2D eigenvalue weighted by Gasteiger charge is -2.25. The largest absolute Gasteiger partial charge is 0.480 e. The van der Waals surface area contributed by atoms with Gasteiger partial charge in [0.2, 0.25) is 0 Å². The van der Waals surface area contributed by atoms with Gasteiger partial charge in [-0.15, -0.1) is 0 Å². The van der Waals surface area contributed by atoms with E-state index in [9.17, 15) is 9.90 Å². The van der Waals surface area contributed by atoms with Gasteiger partial charge in [-0.1, -0.05) is 42.5 Å². The summed E-state index contributed by atoms with van der Waals surface area (Å²) in [5.74, 6) is -0.865. The lowest BCUT2D eigenvalue weighted by atomic mass is 9.77. The molecule has 1 unspecified atom stereocenters. The highest BCUT2D eigenvalue weighted by molar-refractivity contribution is 5.84. The Morgan fingerprint density at radius 2 is 1.86 bits per heavy atom. The highest BCUT2D eigenvalue weighted by atomic mass is 16.4. The summed E-state index contributed by atoms with van der Waals surface area (Å²) in [5, 5.41) is 9.20. The predicted octanol–water partition coefficient (Wildman–Crippen LogP) is 2.61. The van der Waals surface area contributed by atoms with Gasteiger partial charge in [-0.05, 0) is 19.4 Å². The number of carboxylic acid groups (broad SMARTS) is 1. The molecule has 0 amide bonds. The number of aliphatic carboxylic acids is 1. The minimum atomic E-state index is -0.985. The fourth-order valence-electron chi connectivity index (χ4n) is 1.32. The van der Waals surface area contributed by atoms with Gasteiger partial charge < -0.3 is 5.11 Å². The molecule has 0 bridgehead atoms. The minimum absolute atomic E-state index is 0.635. The first kappa shape index (κ1) is 10.5. The van der Waals surface area contributed by atoms with Crippen LogP contribution in [0.5, 0.6) is 0 Å². The number of benzene rings is 1. The maximum Gasteiger partial charge on any atom is 0.317 e. The van der Waals surface area contributed by atoms with Crippen LogP contribution in [0.4, 0.5) is 0 Å². The van der Waals surface area contributed by atoms with Gasteiger partial charge in [-0.3, -0.25) is 4.79 Å². The van der Waals surface area contributed by atoms with Gasteiger partial charge in [-0.25, -0.2) is 0 Å². The Bertz CT molecular complexity index is 338. The van der Waals surface area contributed by atoms with E-state index in [0.29, 0.717) is 5.57 Å². The van der Waals surface area contributed by atoms with Crippen LogP contribution in [0.1, 0.15) is 19.4 Å². The van der Waals surface area contributed by atoms with Crippen molar-refractivity contribution >= 4 is 5.97 Å². The summed E-state index contributed by atoms with van der Waals surface area (Å²) < 4.78 is 0. The third-order valence-electron chi connectivity index (χ3n) is 2.63. The van der Waals surface area contributed by atoms with Crippen LogP contribution in [0.2, 0.25) is 0 Å². The van der Waals surface area contributed by atoms with E-state index < -0.39 is 11.4 Å². The van der Waals surface area contributed by atoms with E-state index in [0.717, 1.165) is 5.56 Å². The van der Waals surface area contributed by atoms with Gasteiger partial charge in [0, 0.05) is 0 Å². The molecule has 14 heavy (non-hydrogen) atoms. The smallest absolute Gasteiger partial charge is 0.317 e. The van der Waals surface area contributed by atoms with Crippen molar-refractivity contribution in [3.8, 4) is 0 Å². The van der Waals surface area contributed by atoms with Crippen molar-refractivity contribution in [3.63, 3.8) is 0 Å². The molecule has 1 rings (SSSR count). The quantitative estimate of drug-likeness (QED) is 0.744. The van der Waals surface area contributed by atoms with Gasteiger partial charge in [-0.2, -0.15) is 0 Å². The fraction of sp³-hybridized carbons (Fsp3) is 0.250. The maximum absolute atomic E-state index is 11.2. The molecule has 0 heterocycles. The van der Waals surface area contributed by atoms with Crippen LogP contribution in [0.25, 0.3) is 0 Å². The van der Waals surface area contributed by atoms with E-state index in [1.165, 1.54) is 0 Å². The zero-order chi connectivity index (χ0) is 10.8. The molecule has 2 heteroatoms. The monoisotopic (exact) mass is 190 g/mol. The van der Waals surface area contributed by atoms with Gasteiger partial charge in [0.05, 0.1) is 0 Å². The molecule has 2 nitrogen and oxygen atoms in total. The second-order valence-corrected chi connectivity index (χ2v) is 3.58. The summed E-state index contributed by atoms with van der Waals surface area (Å²) in [6.45, 7) is 7.15. The Morgan fingerprint density at radius 3 is 2.21 bits per heavy atom. The molecule has 0 radical (unpaired) electrons. The number of hydrogen-bond donors (Lipinski definition) is 1. The van der Waals surface area contributed by atoms with Crippen LogP contribution in [0.15, 0.2) is 42.5 Å². The normalized spacial score (nSPS) is 14.4. The third-order valence-corrected chi connectivity index (χ3v) is 2.63.